The molecule has 0 fully saturated rings. The lowest BCUT2D eigenvalue weighted by Crippen LogP contribution is -2.12. The van der Waals surface area contributed by atoms with Gasteiger partial charge >= 0.3 is 12.4 Å². The minimum atomic E-state index is -4.50. The Kier molecular flexibility index (Phi) is 7.05. The van der Waals surface area contributed by atoms with E-state index in [0.29, 0.717) is 11.1 Å². The zero-order chi connectivity index (χ0) is 25.4. The van der Waals surface area contributed by atoms with Gasteiger partial charge < -0.3 is 0 Å². The maximum Gasteiger partial charge on any atom is 0.416 e. The van der Waals surface area contributed by atoms with E-state index in [1.54, 1.807) is 18.5 Å². The van der Waals surface area contributed by atoms with Crippen molar-refractivity contribution in [3.05, 3.63) is 89.7 Å². The van der Waals surface area contributed by atoms with Crippen LogP contribution in [-0.2, 0) is 12.4 Å². The Morgan fingerprint density at radius 1 is 0.743 bits per heavy atom. The summed E-state index contributed by atoms with van der Waals surface area (Å²) in [5.41, 5.74) is -0.186. The predicted octanol–water partition coefficient (Wildman–Crippen LogP) is 8.07. The first-order valence-corrected chi connectivity index (χ1v) is 11.8. The van der Waals surface area contributed by atoms with Crippen LogP contribution in [0.25, 0.3) is 22.8 Å². The van der Waals surface area contributed by atoms with Gasteiger partial charge in [-0.1, -0.05) is 62.2 Å². The summed E-state index contributed by atoms with van der Waals surface area (Å²) in [7, 11) is 0. The number of hydrogen-bond acceptors (Lipinski definition) is 3. The van der Waals surface area contributed by atoms with Crippen molar-refractivity contribution in [3.8, 4) is 22.8 Å². The lowest BCUT2D eigenvalue weighted by atomic mass is 10.1. The molecule has 0 aliphatic heterocycles. The summed E-state index contributed by atoms with van der Waals surface area (Å²) in [4.78, 5) is 7.60. The number of aromatic nitrogens is 4. The smallest absolute Gasteiger partial charge is 0.264 e. The van der Waals surface area contributed by atoms with Gasteiger partial charge in [-0.3, -0.25) is 4.98 Å². The average Bonchev–Trinajstić information content (AvgIpc) is 3.28. The Morgan fingerprint density at radius 3 is 1.77 bits per heavy atom. The van der Waals surface area contributed by atoms with Crippen LogP contribution in [0.3, 0.4) is 0 Å². The third-order valence-corrected chi connectivity index (χ3v) is 7.71. The highest BCUT2D eigenvalue weighted by Gasteiger charge is 2.32. The molecule has 35 heavy (non-hydrogen) atoms. The summed E-state index contributed by atoms with van der Waals surface area (Å²) in [6, 6.07) is 12.3. The summed E-state index contributed by atoms with van der Waals surface area (Å²) >= 11 is 7.14. The van der Waals surface area contributed by atoms with E-state index in [1.165, 1.54) is 28.9 Å². The molecular weight excluding hydrogens is 606 g/mol. The fourth-order valence-electron chi connectivity index (χ4n) is 3.25. The van der Waals surface area contributed by atoms with Crippen LogP contribution in [0.4, 0.5) is 26.3 Å². The zero-order valence-corrected chi connectivity index (χ0v) is 20.6. The minimum absolute atomic E-state index is 0.115. The Balaban J connectivity index is 1.78. The summed E-state index contributed by atoms with van der Waals surface area (Å²) in [6.07, 6.45) is -5.75. The first-order chi connectivity index (χ1) is 16.4. The summed E-state index contributed by atoms with van der Waals surface area (Å²) < 4.78 is 79.4. The molecule has 0 aliphatic rings. The molecule has 2 aromatic carbocycles. The maximum absolute atomic E-state index is 13.0. The number of benzene rings is 2. The number of rotatable bonds is 5. The molecule has 4 nitrogen and oxygen atoms in total. The van der Waals surface area contributed by atoms with Gasteiger partial charge in [0.2, 0.25) is 0 Å². The van der Waals surface area contributed by atoms with Crippen molar-refractivity contribution in [2.45, 2.75) is 22.1 Å². The van der Waals surface area contributed by atoms with E-state index in [-0.39, 0.29) is 16.5 Å². The zero-order valence-electron chi connectivity index (χ0n) is 17.4. The molecule has 0 saturated heterocycles. The number of alkyl halides is 8. The Bertz CT molecular complexity index is 1290. The third kappa shape index (κ3) is 5.58. The van der Waals surface area contributed by atoms with Crippen LogP contribution in [0.1, 0.15) is 26.5 Å². The van der Waals surface area contributed by atoms with E-state index in [1.807, 2.05) is 6.07 Å². The summed E-state index contributed by atoms with van der Waals surface area (Å²) in [5.74, 6) is 0.341. The highest BCUT2D eigenvalue weighted by atomic mass is 79.9. The van der Waals surface area contributed by atoms with Crippen molar-refractivity contribution in [2.24, 2.45) is 0 Å². The Labute approximate surface area is 212 Å². The van der Waals surface area contributed by atoms with Gasteiger partial charge in [0.25, 0.3) is 0 Å². The molecule has 4 rings (SSSR count). The Hall–Kier alpha value is -2.73. The molecule has 12 heteroatoms. The second-order valence-electron chi connectivity index (χ2n) is 7.41. The molecule has 0 amide bonds. The van der Waals surface area contributed by atoms with E-state index in [4.69, 9.17) is 0 Å². The maximum atomic E-state index is 13.0. The van der Waals surface area contributed by atoms with Crippen molar-refractivity contribution in [1.29, 1.82) is 0 Å². The van der Waals surface area contributed by atoms with Crippen LogP contribution in [0.15, 0.2) is 73.1 Å². The molecule has 0 saturated carbocycles. The second-order valence-corrected chi connectivity index (χ2v) is 9.34. The van der Waals surface area contributed by atoms with Crippen molar-refractivity contribution >= 4 is 31.9 Å². The highest BCUT2D eigenvalue weighted by Crippen LogP contribution is 2.41. The van der Waals surface area contributed by atoms with Gasteiger partial charge in [0.15, 0.2) is 11.6 Å². The quantitative estimate of drug-likeness (QED) is 0.168. The molecule has 0 spiro atoms. The van der Waals surface area contributed by atoms with Crippen LogP contribution in [0.5, 0.6) is 0 Å². The normalized spacial score (nSPS) is 14.1. The van der Waals surface area contributed by atoms with Gasteiger partial charge in [-0.05, 0) is 35.9 Å². The lowest BCUT2D eigenvalue weighted by molar-refractivity contribution is -0.138. The van der Waals surface area contributed by atoms with Crippen molar-refractivity contribution in [2.75, 3.05) is 0 Å². The summed E-state index contributed by atoms with van der Waals surface area (Å²) in [5, 5.41) is 4.47. The standard InChI is InChI=1S/C23H14Br2F6N4/c24-18(15-2-1-11-32-12-15)19(25)35-21(14-5-9-17(10-6-14)23(29,30)31)33-20(34-35)13-3-7-16(8-4-13)22(26,27)28/h1-12,18-19H. The molecule has 4 aromatic rings. The number of hydrogen-bond donors (Lipinski definition) is 0. The highest BCUT2D eigenvalue weighted by molar-refractivity contribution is 9.11. The van der Waals surface area contributed by atoms with E-state index < -0.39 is 28.4 Å². The fourth-order valence-corrected chi connectivity index (χ4v) is 4.34. The molecule has 2 aromatic heterocycles. The Morgan fingerprint density at radius 2 is 1.29 bits per heavy atom. The molecule has 0 radical (unpaired) electrons. The molecule has 2 unspecified atom stereocenters. The number of pyridine rings is 1. The topological polar surface area (TPSA) is 43.6 Å². The lowest BCUT2D eigenvalue weighted by Gasteiger charge is -2.19. The van der Waals surface area contributed by atoms with E-state index >= 15 is 0 Å². The molecule has 0 N–H and O–H groups in total. The van der Waals surface area contributed by atoms with Gasteiger partial charge in [0.05, 0.1) is 16.0 Å². The molecular formula is C23H14Br2F6N4. The van der Waals surface area contributed by atoms with Gasteiger partial charge in [0.1, 0.15) is 4.95 Å². The minimum Gasteiger partial charge on any atom is -0.264 e. The second kappa shape index (κ2) is 9.73. The number of nitrogens with zero attached hydrogens (tertiary/aromatic N) is 4. The van der Waals surface area contributed by atoms with Crippen LogP contribution in [0, 0.1) is 0 Å². The monoisotopic (exact) mass is 618 g/mol. The van der Waals surface area contributed by atoms with Crippen molar-refractivity contribution in [1.82, 2.24) is 19.7 Å². The predicted molar refractivity (Wildman–Crippen MR) is 125 cm³/mol. The van der Waals surface area contributed by atoms with Crippen LogP contribution < -0.4 is 0 Å². The van der Waals surface area contributed by atoms with E-state index in [0.717, 1.165) is 29.8 Å². The van der Waals surface area contributed by atoms with Crippen LogP contribution in [-0.4, -0.2) is 19.7 Å². The van der Waals surface area contributed by atoms with Gasteiger partial charge in [-0.15, -0.1) is 5.10 Å². The largest absolute Gasteiger partial charge is 0.416 e. The van der Waals surface area contributed by atoms with Crippen LogP contribution >= 0.6 is 31.9 Å². The average molecular weight is 620 g/mol. The van der Waals surface area contributed by atoms with Crippen molar-refractivity contribution < 1.29 is 26.3 Å². The van der Waals surface area contributed by atoms with Crippen molar-refractivity contribution in [3.63, 3.8) is 0 Å². The molecule has 2 heterocycles. The van der Waals surface area contributed by atoms with E-state index in [9.17, 15) is 26.3 Å². The third-order valence-electron chi connectivity index (χ3n) is 5.05. The fraction of sp³-hybridized carbons (Fsp3) is 0.174. The number of halogens is 8. The molecule has 182 valence electrons. The first kappa shape index (κ1) is 25.4. The van der Waals surface area contributed by atoms with Gasteiger partial charge in [-0.2, -0.15) is 26.3 Å². The van der Waals surface area contributed by atoms with Crippen LogP contribution in [0.2, 0.25) is 0 Å². The summed E-state index contributed by atoms with van der Waals surface area (Å²) in [6.45, 7) is 0. The molecule has 0 bridgehead atoms. The first-order valence-electron chi connectivity index (χ1n) is 9.95. The van der Waals surface area contributed by atoms with Gasteiger partial charge in [-0.25, -0.2) is 9.67 Å². The molecule has 2 atom stereocenters. The molecule has 0 aliphatic carbocycles. The van der Waals surface area contributed by atoms with E-state index in [2.05, 4.69) is 46.9 Å². The SMILES string of the molecule is FC(F)(F)c1ccc(-c2nc(-c3ccc(C(F)(F)F)cc3)n(C(Br)C(Br)c3cccnc3)n2)cc1. The van der Waals surface area contributed by atoms with Gasteiger partial charge in [0, 0.05) is 23.5 Å².